The van der Waals surface area contributed by atoms with Crippen molar-refractivity contribution in [3.8, 4) is 0 Å². The molecular formula is C13H21N3O2S. The van der Waals surface area contributed by atoms with Crippen LogP contribution in [-0.2, 0) is 16.4 Å². The summed E-state index contributed by atoms with van der Waals surface area (Å²) in [7, 11) is -0.784. The molecule has 0 radical (unpaired) electrons. The number of pyridine rings is 1. The van der Waals surface area contributed by atoms with Crippen molar-refractivity contribution in [1.29, 1.82) is 0 Å². The third kappa shape index (κ3) is 4.89. The Hall–Kier alpha value is -0.980. The molecule has 1 N–H and O–H groups in total. The van der Waals surface area contributed by atoms with Crippen LogP contribution >= 0.6 is 0 Å². The van der Waals surface area contributed by atoms with Crippen molar-refractivity contribution in [3.05, 3.63) is 30.1 Å². The van der Waals surface area contributed by atoms with Crippen LogP contribution in [0.2, 0.25) is 0 Å². The minimum absolute atomic E-state index is 0.0927. The lowest BCUT2D eigenvalue weighted by Gasteiger charge is -2.26. The van der Waals surface area contributed by atoms with Crippen LogP contribution in [0.5, 0.6) is 0 Å². The average molecular weight is 283 g/mol. The lowest BCUT2D eigenvalue weighted by atomic mass is 10.2. The van der Waals surface area contributed by atoms with Gasteiger partial charge in [-0.2, -0.15) is 0 Å². The highest BCUT2D eigenvalue weighted by molar-refractivity contribution is 7.91. The van der Waals surface area contributed by atoms with Crippen LogP contribution in [0, 0.1) is 0 Å². The van der Waals surface area contributed by atoms with E-state index in [1.807, 2.05) is 25.4 Å². The molecule has 0 bridgehead atoms. The maximum absolute atomic E-state index is 11.5. The van der Waals surface area contributed by atoms with Crippen LogP contribution in [0.4, 0.5) is 0 Å². The predicted octanol–water partition coefficient (Wildman–Crippen LogP) is 0.290. The Morgan fingerprint density at radius 1 is 1.53 bits per heavy atom. The molecule has 1 aromatic heterocycles. The summed E-state index contributed by atoms with van der Waals surface area (Å²) >= 11 is 0. The minimum Gasteiger partial charge on any atom is -0.312 e. The molecule has 1 aromatic rings. The molecule has 6 heteroatoms. The zero-order valence-corrected chi connectivity index (χ0v) is 12.1. The van der Waals surface area contributed by atoms with Gasteiger partial charge in [-0.05, 0) is 31.6 Å². The van der Waals surface area contributed by atoms with E-state index in [2.05, 4.69) is 15.2 Å². The fourth-order valence-corrected chi connectivity index (χ4v) is 3.80. The molecule has 2 heterocycles. The first-order valence-electron chi connectivity index (χ1n) is 6.56. The molecule has 1 unspecified atom stereocenters. The molecular weight excluding hydrogens is 262 g/mol. The van der Waals surface area contributed by atoms with E-state index in [1.54, 1.807) is 6.20 Å². The molecule has 1 aliphatic rings. The number of sulfone groups is 1. The highest BCUT2D eigenvalue weighted by atomic mass is 32.2. The fraction of sp³-hybridized carbons (Fsp3) is 0.615. The van der Waals surface area contributed by atoms with Crippen molar-refractivity contribution in [3.63, 3.8) is 0 Å². The summed E-state index contributed by atoms with van der Waals surface area (Å²) in [6.07, 6.45) is 4.48. The first kappa shape index (κ1) is 14.4. The minimum atomic E-state index is -2.83. The van der Waals surface area contributed by atoms with Crippen LogP contribution in [0.25, 0.3) is 0 Å². The largest absolute Gasteiger partial charge is 0.312 e. The molecule has 106 valence electrons. The third-order valence-electron chi connectivity index (χ3n) is 3.34. The van der Waals surface area contributed by atoms with Crippen molar-refractivity contribution in [2.24, 2.45) is 0 Å². The highest BCUT2D eigenvalue weighted by Gasteiger charge is 2.23. The molecule has 2 rings (SSSR count). The second-order valence-corrected chi connectivity index (χ2v) is 7.38. The number of aromatic nitrogens is 1. The fourth-order valence-electron chi connectivity index (χ4n) is 2.31. The van der Waals surface area contributed by atoms with E-state index in [0.717, 1.165) is 19.5 Å². The van der Waals surface area contributed by atoms with Gasteiger partial charge < -0.3 is 10.2 Å². The Balaban J connectivity index is 1.76. The van der Waals surface area contributed by atoms with Crippen molar-refractivity contribution in [2.75, 3.05) is 31.6 Å². The molecule has 5 nitrogen and oxygen atoms in total. The number of hydrogen-bond donors (Lipinski definition) is 1. The first-order valence-corrected chi connectivity index (χ1v) is 8.38. The zero-order chi connectivity index (χ0) is 13.7. The van der Waals surface area contributed by atoms with Crippen LogP contribution in [0.1, 0.15) is 12.0 Å². The average Bonchev–Trinajstić information content (AvgIpc) is 2.36. The van der Waals surface area contributed by atoms with E-state index in [9.17, 15) is 8.42 Å². The van der Waals surface area contributed by atoms with E-state index in [1.165, 1.54) is 5.56 Å². The third-order valence-corrected chi connectivity index (χ3v) is 5.07. The van der Waals surface area contributed by atoms with Gasteiger partial charge in [0.2, 0.25) is 0 Å². The molecule has 19 heavy (non-hydrogen) atoms. The van der Waals surface area contributed by atoms with E-state index < -0.39 is 9.84 Å². The molecule has 0 spiro atoms. The summed E-state index contributed by atoms with van der Waals surface area (Å²) in [5.41, 5.74) is 1.18. The number of hydrogen-bond acceptors (Lipinski definition) is 5. The van der Waals surface area contributed by atoms with E-state index >= 15 is 0 Å². The summed E-state index contributed by atoms with van der Waals surface area (Å²) in [5, 5.41) is 3.28. The predicted molar refractivity (Wildman–Crippen MR) is 75.6 cm³/mol. The Morgan fingerprint density at radius 2 is 2.37 bits per heavy atom. The molecule has 0 aliphatic carbocycles. The van der Waals surface area contributed by atoms with Gasteiger partial charge in [0, 0.05) is 31.5 Å². The van der Waals surface area contributed by atoms with Crippen LogP contribution in [0.15, 0.2) is 24.5 Å². The van der Waals surface area contributed by atoms with Crippen LogP contribution in [-0.4, -0.2) is 56.0 Å². The van der Waals surface area contributed by atoms with Crippen LogP contribution in [0.3, 0.4) is 0 Å². The molecule has 0 aromatic carbocycles. The lowest BCUT2D eigenvalue weighted by molar-refractivity contribution is 0.303. The van der Waals surface area contributed by atoms with E-state index in [4.69, 9.17) is 0 Å². The van der Waals surface area contributed by atoms with Crippen molar-refractivity contribution >= 4 is 9.84 Å². The Kier molecular flexibility index (Phi) is 4.90. The van der Waals surface area contributed by atoms with E-state index in [-0.39, 0.29) is 17.5 Å². The monoisotopic (exact) mass is 283 g/mol. The number of nitrogens with one attached hydrogen (secondary N) is 1. The van der Waals surface area contributed by atoms with Crippen molar-refractivity contribution in [2.45, 2.75) is 19.0 Å². The first-order chi connectivity index (χ1) is 9.05. The zero-order valence-electron chi connectivity index (χ0n) is 11.2. The molecule has 1 atom stereocenters. The van der Waals surface area contributed by atoms with Gasteiger partial charge in [0.1, 0.15) is 0 Å². The van der Waals surface area contributed by atoms with Gasteiger partial charge in [0.15, 0.2) is 9.84 Å². The summed E-state index contributed by atoms with van der Waals surface area (Å²) in [6.45, 7) is 2.30. The Labute approximate surface area is 114 Å². The second-order valence-electron chi connectivity index (χ2n) is 5.15. The summed E-state index contributed by atoms with van der Waals surface area (Å²) in [5.74, 6) is 0.544. The quantitative estimate of drug-likeness (QED) is 0.841. The number of nitrogens with zero attached hydrogens (tertiary/aromatic N) is 2. The topological polar surface area (TPSA) is 62.3 Å². The summed E-state index contributed by atoms with van der Waals surface area (Å²) < 4.78 is 23.1. The second kappa shape index (κ2) is 6.45. The van der Waals surface area contributed by atoms with Crippen LogP contribution < -0.4 is 5.32 Å². The van der Waals surface area contributed by atoms with Crippen molar-refractivity contribution in [1.82, 2.24) is 15.2 Å². The molecule has 1 saturated heterocycles. The van der Waals surface area contributed by atoms with Gasteiger partial charge in [-0.3, -0.25) is 4.98 Å². The number of rotatable bonds is 5. The van der Waals surface area contributed by atoms with Gasteiger partial charge in [-0.15, -0.1) is 0 Å². The van der Waals surface area contributed by atoms with E-state index in [0.29, 0.717) is 6.54 Å². The van der Waals surface area contributed by atoms with Gasteiger partial charge >= 0.3 is 0 Å². The summed E-state index contributed by atoms with van der Waals surface area (Å²) in [6, 6.07) is 4.07. The lowest BCUT2D eigenvalue weighted by Crippen LogP contribution is -2.46. The molecule has 0 amide bonds. The van der Waals surface area contributed by atoms with Gasteiger partial charge in [-0.25, -0.2) is 8.42 Å². The van der Waals surface area contributed by atoms with Gasteiger partial charge in [-0.1, -0.05) is 6.07 Å². The van der Waals surface area contributed by atoms with Crippen molar-refractivity contribution < 1.29 is 8.42 Å². The molecule has 1 aliphatic heterocycles. The van der Waals surface area contributed by atoms with Gasteiger partial charge in [0.25, 0.3) is 0 Å². The smallest absolute Gasteiger partial charge is 0.153 e. The highest BCUT2D eigenvalue weighted by Crippen LogP contribution is 2.07. The maximum Gasteiger partial charge on any atom is 0.153 e. The maximum atomic E-state index is 11.5. The molecule has 1 fully saturated rings. The van der Waals surface area contributed by atoms with Gasteiger partial charge in [0.05, 0.1) is 11.5 Å². The standard InChI is InChI=1S/C13H21N3O2S/c1-16(10-12-3-2-5-14-9-12)7-4-13-11-19(17,18)8-6-15-13/h2-3,5,9,13,15H,4,6-8,10-11H2,1H3. The molecule has 0 saturated carbocycles. The summed E-state index contributed by atoms with van der Waals surface area (Å²) in [4.78, 5) is 6.28. The normalized spacial score (nSPS) is 22.5. The SMILES string of the molecule is CN(CCC1CS(=O)(=O)CCN1)Cc1cccnc1. The Bertz CT molecular complexity index is 490. The Morgan fingerprint density at radius 3 is 3.05 bits per heavy atom.